The van der Waals surface area contributed by atoms with Crippen LogP contribution in [0.1, 0.15) is 0 Å². The lowest BCUT2D eigenvalue weighted by atomic mass is 11.3. The first-order chi connectivity index (χ1) is 3.00. The summed E-state index contributed by atoms with van der Waals surface area (Å²) in [6, 6.07) is 0. The Morgan fingerprint density at radius 3 is 1.12 bits per heavy atom. The number of hydrogen-bond donors (Lipinski definition) is 2. The van der Waals surface area contributed by atoms with Crippen LogP contribution < -0.4 is 0 Å². The van der Waals surface area contributed by atoms with Gasteiger partial charge in [-0.2, -0.15) is 8.42 Å². The van der Waals surface area contributed by atoms with E-state index in [9.17, 15) is 0 Å². The molecule has 0 heterocycles. The van der Waals surface area contributed by atoms with Gasteiger partial charge in [0.15, 0.2) is 0 Å². The second kappa shape index (κ2) is 6.54. The van der Waals surface area contributed by atoms with E-state index in [2.05, 4.69) is 13.2 Å². The lowest BCUT2D eigenvalue weighted by Crippen LogP contribution is -1.89. The maximum Gasteiger partial charge on any atom is 0.394 e. The van der Waals surface area contributed by atoms with Crippen molar-refractivity contribution in [3.05, 3.63) is 13.2 Å². The van der Waals surface area contributed by atoms with E-state index in [1.165, 1.54) is 0 Å². The van der Waals surface area contributed by atoms with E-state index in [1.807, 2.05) is 0 Å². The normalized spacial score (nSPS) is 7.75. The molecule has 8 heavy (non-hydrogen) atoms. The molecule has 0 saturated carbocycles. The number of rotatable bonds is 0. The van der Waals surface area contributed by atoms with Crippen LogP contribution >= 0.6 is 0 Å². The minimum absolute atomic E-state index is 0. The van der Waals surface area contributed by atoms with Crippen LogP contribution in [0, 0.1) is 0 Å². The van der Waals surface area contributed by atoms with Crippen LogP contribution in [-0.4, -0.2) is 17.5 Å². The molecule has 6 heteroatoms. The first-order valence-electron chi connectivity index (χ1n) is 1.20. The Balaban J connectivity index is -0.0000000750. The molecule has 0 radical (unpaired) electrons. The summed E-state index contributed by atoms with van der Waals surface area (Å²) >= 11 is 0. The Bertz CT molecular complexity index is 108. The first-order valence-corrected chi connectivity index (χ1v) is 2.60. The Labute approximate surface area is 46.8 Å². The molecule has 0 aromatic carbocycles. The molecule has 0 amide bonds. The highest BCUT2D eigenvalue weighted by Crippen LogP contribution is 1.59. The van der Waals surface area contributed by atoms with Gasteiger partial charge in [-0.15, -0.1) is 13.2 Å². The third kappa shape index (κ3) is 540. The van der Waals surface area contributed by atoms with Gasteiger partial charge in [0.25, 0.3) is 0 Å². The predicted molar refractivity (Wildman–Crippen MR) is 27.9 cm³/mol. The van der Waals surface area contributed by atoms with Crippen molar-refractivity contribution < 1.29 is 22.2 Å². The van der Waals surface area contributed by atoms with Gasteiger partial charge in [0.05, 0.1) is 0 Å². The highest BCUT2D eigenvalue weighted by Gasteiger charge is 1.84. The average Bonchev–Trinajstić information content (AvgIpc) is 1.36. The van der Waals surface area contributed by atoms with E-state index in [0.29, 0.717) is 0 Å². The van der Waals surface area contributed by atoms with Gasteiger partial charge in [-0.25, -0.2) is 0 Å². The Morgan fingerprint density at radius 2 is 1.12 bits per heavy atom. The summed E-state index contributed by atoms with van der Waals surface area (Å²) in [6.45, 7) is 6.00. The molecule has 0 atom stereocenters. The van der Waals surface area contributed by atoms with Crippen LogP contribution in [0.2, 0.25) is 0 Å². The van der Waals surface area contributed by atoms with Crippen molar-refractivity contribution in [3.63, 3.8) is 0 Å². The molecule has 4 nitrogen and oxygen atoms in total. The fourth-order valence-corrected chi connectivity index (χ4v) is 0. The molecule has 0 saturated heterocycles. The van der Waals surface area contributed by atoms with E-state index < -0.39 is 10.4 Å². The van der Waals surface area contributed by atoms with Gasteiger partial charge in [-0.3, -0.25) is 13.8 Å². The smallest absolute Gasteiger partial charge is 0.269 e. The summed E-state index contributed by atoms with van der Waals surface area (Å²) < 4.78 is 31.6. The molecule has 0 bridgehead atoms. The molecule has 0 fully saturated rings. The first kappa shape index (κ1) is 15.6. The predicted octanol–water partition coefficient (Wildman–Crippen LogP) is 0.302. The standard InChI is InChI=1S/C2H4.FH.H2O4S/c1-2;;1-5(2,3)4/h1-2H2;1H;(H2,1,2,3,4). The van der Waals surface area contributed by atoms with E-state index in [-0.39, 0.29) is 4.70 Å². The lowest BCUT2D eigenvalue weighted by Gasteiger charge is -1.68. The highest BCUT2D eigenvalue weighted by molar-refractivity contribution is 7.79. The number of hydrogen-bond acceptors (Lipinski definition) is 2. The summed E-state index contributed by atoms with van der Waals surface area (Å²) in [5, 5.41) is 0. The van der Waals surface area contributed by atoms with E-state index >= 15 is 0 Å². The summed E-state index contributed by atoms with van der Waals surface area (Å²) in [5.41, 5.74) is 0. The lowest BCUT2D eigenvalue weighted by molar-refractivity contribution is 0.381. The van der Waals surface area contributed by atoms with Crippen molar-refractivity contribution in [1.82, 2.24) is 0 Å². The quantitative estimate of drug-likeness (QED) is 0.380. The van der Waals surface area contributed by atoms with Gasteiger partial charge in [0.2, 0.25) is 0 Å². The van der Waals surface area contributed by atoms with E-state index in [4.69, 9.17) is 17.5 Å². The molecule has 0 aliphatic heterocycles. The maximum absolute atomic E-state index is 8.74. The molecule has 0 aliphatic carbocycles. The van der Waals surface area contributed by atoms with Crippen LogP contribution in [0.3, 0.4) is 0 Å². The van der Waals surface area contributed by atoms with E-state index in [0.717, 1.165) is 0 Å². The van der Waals surface area contributed by atoms with Gasteiger partial charge in [0, 0.05) is 0 Å². The Morgan fingerprint density at radius 1 is 1.12 bits per heavy atom. The number of halogens is 1. The van der Waals surface area contributed by atoms with Crippen molar-refractivity contribution in [3.8, 4) is 0 Å². The zero-order chi connectivity index (χ0) is 6.50. The fourth-order valence-electron chi connectivity index (χ4n) is 0. The van der Waals surface area contributed by atoms with Crippen LogP contribution in [0.25, 0.3) is 0 Å². The van der Waals surface area contributed by atoms with Crippen molar-refractivity contribution in [1.29, 1.82) is 0 Å². The molecular weight excluding hydrogens is 139 g/mol. The Kier molecular flexibility index (Phi) is 12.8. The second-order valence-corrected chi connectivity index (χ2v) is 1.34. The average molecular weight is 146 g/mol. The highest BCUT2D eigenvalue weighted by atomic mass is 32.3. The third-order valence-corrected chi connectivity index (χ3v) is 0. The van der Waals surface area contributed by atoms with Crippen LogP contribution in [-0.2, 0) is 10.4 Å². The van der Waals surface area contributed by atoms with Crippen LogP contribution in [0.5, 0.6) is 0 Å². The van der Waals surface area contributed by atoms with Gasteiger partial charge >= 0.3 is 10.4 Å². The third-order valence-electron chi connectivity index (χ3n) is 0. The summed E-state index contributed by atoms with van der Waals surface area (Å²) in [5.74, 6) is 0. The molecule has 0 rings (SSSR count). The molecule has 0 unspecified atom stereocenters. The fraction of sp³-hybridized carbons (Fsp3) is 0. The van der Waals surface area contributed by atoms with Gasteiger partial charge in [-0.05, 0) is 0 Å². The van der Waals surface area contributed by atoms with E-state index in [1.54, 1.807) is 0 Å². The summed E-state index contributed by atoms with van der Waals surface area (Å²) in [4.78, 5) is 0. The largest absolute Gasteiger partial charge is 0.394 e. The van der Waals surface area contributed by atoms with Gasteiger partial charge < -0.3 is 0 Å². The molecule has 0 aliphatic rings. The monoisotopic (exact) mass is 146 g/mol. The maximum atomic E-state index is 8.74. The second-order valence-electron chi connectivity index (χ2n) is 0.448. The topological polar surface area (TPSA) is 74.6 Å². The summed E-state index contributed by atoms with van der Waals surface area (Å²) in [7, 11) is -4.67. The minimum Gasteiger partial charge on any atom is -0.269 e. The Hall–Kier alpha value is -0.460. The molecule has 0 spiro atoms. The van der Waals surface area contributed by atoms with Crippen LogP contribution in [0.4, 0.5) is 4.70 Å². The van der Waals surface area contributed by atoms with Gasteiger partial charge in [-0.1, -0.05) is 0 Å². The van der Waals surface area contributed by atoms with Crippen molar-refractivity contribution >= 4 is 10.4 Å². The van der Waals surface area contributed by atoms with Crippen molar-refractivity contribution in [2.75, 3.05) is 0 Å². The SMILES string of the molecule is C=C.F.O=S(=O)(O)O. The molecule has 0 aromatic heterocycles. The molecular formula is C2H7FO4S. The van der Waals surface area contributed by atoms with Gasteiger partial charge in [0.1, 0.15) is 0 Å². The minimum atomic E-state index is -4.67. The van der Waals surface area contributed by atoms with Crippen molar-refractivity contribution in [2.45, 2.75) is 0 Å². The molecule has 52 valence electrons. The summed E-state index contributed by atoms with van der Waals surface area (Å²) in [6.07, 6.45) is 0. The zero-order valence-electron chi connectivity index (χ0n) is 3.94. The zero-order valence-corrected chi connectivity index (χ0v) is 4.76. The molecule has 0 aromatic rings. The molecule has 2 N–H and O–H groups in total. The van der Waals surface area contributed by atoms with Crippen molar-refractivity contribution in [2.24, 2.45) is 0 Å². The van der Waals surface area contributed by atoms with Crippen LogP contribution in [0.15, 0.2) is 13.2 Å².